The van der Waals surface area contributed by atoms with E-state index in [4.69, 9.17) is 4.74 Å². The minimum atomic E-state index is -0.437. The van der Waals surface area contributed by atoms with Crippen LogP contribution in [0.5, 0.6) is 0 Å². The molecule has 0 radical (unpaired) electrons. The molecule has 0 saturated carbocycles. The van der Waals surface area contributed by atoms with Gasteiger partial charge in [0.1, 0.15) is 6.54 Å². The van der Waals surface area contributed by atoms with Gasteiger partial charge in [0.15, 0.2) is 11.2 Å². The van der Waals surface area contributed by atoms with Crippen LogP contribution in [0.1, 0.15) is 29.3 Å². The van der Waals surface area contributed by atoms with Crippen molar-refractivity contribution in [3.8, 4) is 0 Å². The molecule has 9 heteroatoms. The Hall–Kier alpha value is -3.62. The van der Waals surface area contributed by atoms with Crippen molar-refractivity contribution in [2.45, 2.75) is 40.8 Å². The predicted octanol–water partition coefficient (Wildman–Crippen LogP) is 1.69. The van der Waals surface area contributed by atoms with Crippen LogP contribution >= 0.6 is 0 Å². The van der Waals surface area contributed by atoms with E-state index < -0.39 is 17.2 Å². The van der Waals surface area contributed by atoms with Crippen LogP contribution in [-0.2, 0) is 29.7 Å². The maximum absolute atomic E-state index is 13.4. The van der Waals surface area contributed by atoms with Crippen molar-refractivity contribution in [2.24, 2.45) is 7.05 Å². The number of ether oxygens (including phenoxy) is 1. The first kappa shape index (κ1) is 20.6. The molecule has 0 spiro atoms. The number of imidazole rings is 2. The fraction of sp³-hybridized carbons (Fsp3) is 0.364. The molecule has 0 unspecified atom stereocenters. The van der Waals surface area contributed by atoms with Gasteiger partial charge in [-0.2, -0.15) is 4.98 Å². The highest BCUT2D eigenvalue weighted by atomic mass is 16.5. The number of hydrogen-bond donors (Lipinski definition) is 0. The third-order valence-electron chi connectivity index (χ3n) is 5.57. The van der Waals surface area contributed by atoms with Crippen LogP contribution in [0.15, 0.2) is 34.0 Å². The van der Waals surface area contributed by atoms with Crippen LogP contribution < -0.4 is 11.2 Å². The molecule has 31 heavy (non-hydrogen) atoms. The molecule has 4 rings (SSSR count). The largest absolute Gasteiger partial charge is 0.465 e. The van der Waals surface area contributed by atoms with Crippen LogP contribution in [0.3, 0.4) is 0 Å². The molecule has 0 atom stereocenters. The average molecular weight is 423 g/mol. The van der Waals surface area contributed by atoms with Gasteiger partial charge in [0.2, 0.25) is 5.78 Å². The molecule has 0 N–H and O–H groups in total. The maximum atomic E-state index is 13.4. The van der Waals surface area contributed by atoms with Crippen LogP contribution in [0, 0.1) is 20.8 Å². The van der Waals surface area contributed by atoms with E-state index in [0.717, 1.165) is 22.4 Å². The maximum Gasteiger partial charge on any atom is 0.332 e. The highest BCUT2D eigenvalue weighted by Crippen LogP contribution is 2.17. The lowest BCUT2D eigenvalue weighted by atomic mass is 10.1. The second kappa shape index (κ2) is 7.57. The van der Waals surface area contributed by atoms with E-state index in [0.29, 0.717) is 11.3 Å². The third kappa shape index (κ3) is 3.35. The molecule has 0 fully saturated rings. The third-order valence-corrected chi connectivity index (χ3v) is 5.57. The van der Waals surface area contributed by atoms with Crippen molar-refractivity contribution in [2.75, 3.05) is 6.61 Å². The SMILES string of the molecule is CCOC(=O)Cn1c(C)cn2c3c(=O)n(Cc4cc(C)ccc4C)c(=O)n(C)c3nc12. The molecule has 1 aromatic carbocycles. The summed E-state index contributed by atoms with van der Waals surface area (Å²) in [5.41, 5.74) is 3.46. The number of carbonyl (C=O) groups is 1. The Morgan fingerprint density at radius 3 is 2.58 bits per heavy atom. The zero-order chi connectivity index (χ0) is 22.4. The normalized spacial score (nSPS) is 11.5. The Kier molecular flexibility index (Phi) is 5.04. The van der Waals surface area contributed by atoms with Crippen molar-refractivity contribution < 1.29 is 9.53 Å². The molecule has 3 aromatic heterocycles. The molecule has 0 aliphatic carbocycles. The van der Waals surface area contributed by atoms with Crippen molar-refractivity contribution in [1.82, 2.24) is 23.1 Å². The van der Waals surface area contributed by atoms with E-state index in [-0.39, 0.29) is 25.3 Å². The summed E-state index contributed by atoms with van der Waals surface area (Å²) in [5.74, 6) is 0.0223. The van der Waals surface area contributed by atoms with Gasteiger partial charge >= 0.3 is 11.7 Å². The molecule has 162 valence electrons. The minimum Gasteiger partial charge on any atom is -0.465 e. The minimum absolute atomic E-state index is 0.0237. The quantitative estimate of drug-likeness (QED) is 0.456. The second-order valence-corrected chi connectivity index (χ2v) is 7.78. The van der Waals surface area contributed by atoms with Crippen LogP contribution in [-0.4, -0.2) is 35.7 Å². The number of benzene rings is 1. The molecule has 0 aliphatic rings. The number of aryl methyl sites for hydroxylation is 4. The molecule has 0 bridgehead atoms. The van der Waals surface area contributed by atoms with E-state index in [2.05, 4.69) is 4.98 Å². The van der Waals surface area contributed by atoms with Crippen molar-refractivity contribution in [3.63, 3.8) is 0 Å². The first-order valence-electron chi connectivity index (χ1n) is 10.1. The number of nitrogens with zero attached hydrogens (tertiary/aromatic N) is 5. The molecular weight excluding hydrogens is 398 g/mol. The standard InChI is InChI=1S/C22H25N5O4/c1-6-31-17(28)12-25-15(4)10-26-18-19(23-21(25)26)24(5)22(30)27(20(18)29)11-16-9-13(2)7-8-14(16)3/h7-10H,6,11-12H2,1-5H3. The van der Waals surface area contributed by atoms with Crippen molar-refractivity contribution >= 4 is 22.9 Å². The monoisotopic (exact) mass is 423 g/mol. The highest BCUT2D eigenvalue weighted by molar-refractivity contribution is 5.77. The van der Waals surface area contributed by atoms with Gasteiger partial charge in [0.05, 0.1) is 13.2 Å². The Morgan fingerprint density at radius 2 is 1.87 bits per heavy atom. The summed E-state index contributed by atoms with van der Waals surface area (Å²) in [5, 5.41) is 0. The lowest BCUT2D eigenvalue weighted by molar-refractivity contribution is -0.143. The summed E-state index contributed by atoms with van der Waals surface area (Å²) in [6.45, 7) is 7.93. The summed E-state index contributed by atoms with van der Waals surface area (Å²) in [4.78, 5) is 43.0. The Bertz CT molecular complexity index is 1450. The zero-order valence-corrected chi connectivity index (χ0v) is 18.3. The lowest BCUT2D eigenvalue weighted by Gasteiger charge is -2.11. The Morgan fingerprint density at radius 1 is 1.13 bits per heavy atom. The topological polar surface area (TPSA) is 92.5 Å². The summed E-state index contributed by atoms with van der Waals surface area (Å²) in [6.07, 6.45) is 1.75. The molecule has 4 aromatic rings. The summed E-state index contributed by atoms with van der Waals surface area (Å²) in [6, 6.07) is 5.96. The van der Waals surface area contributed by atoms with E-state index in [1.807, 2.05) is 39.0 Å². The number of carbonyl (C=O) groups excluding carboxylic acids is 1. The van der Waals surface area contributed by atoms with Crippen molar-refractivity contribution in [1.29, 1.82) is 0 Å². The Labute approximate surface area is 178 Å². The van der Waals surface area contributed by atoms with Gasteiger partial charge in [0, 0.05) is 18.9 Å². The van der Waals surface area contributed by atoms with Crippen LogP contribution in [0.25, 0.3) is 16.9 Å². The fourth-order valence-corrected chi connectivity index (χ4v) is 3.87. The first-order chi connectivity index (χ1) is 14.7. The van der Waals surface area contributed by atoms with E-state index in [1.165, 1.54) is 9.13 Å². The highest BCUT2D eigenvalue weighted by Gasteiger charge is 2.21. The number of fused-ring (bicyclic) bond motifs is 3. The molecule has 0 amide bonds. The smallest absolute Gasteiger partial charge is 0.332 e. The lowest BCUT2D eigenvalue weighted by Crippen LogP contribution is -2.39. The van der Waals surface area contributed by atoms with E-state index >= 15 is 0 Å². The van der Waals surface area contributed by atoms with Crippen LogP contribution in [0.2, 0.25) is 0 Å². The van der Waals surface area contributed by atoms with Gasteiger partial charge in [-0.15, -0.1) is 0 Å². The van der Waals surface area contributed by atoms with Gasteiger partial charge in [-0.05, 0) is 38.8 Å². The fourth-order valence-electron chi connectivity index (χ4n) is 3.87. The van der Waals surface area contributed by atoms with Gasteiger partial charge in [-0.25, -0.2) is 4.79 Å². The van der Waals surface area contributed by atoms with E-state index in [9.17, 15) is 14.4 Å². The van der Waals surface area contributed by atoms with Gasteiger partial charge in [-0.1, -0.05) is 23.8 Å². The molecule has 0 saturated heterocycles. The van der Waals surface area contributed by atoms with Gasteiger partial charge in [-0.3, -0.25) is 23.1 Å². The zero-order valence-electron chi connectivity index (χ0n) is 18.3. The summed E-state index contributed by atoms with van der Waals surface area (Å²) in [7, 11) is 1.60. The van der Waals surface area contributed by atoms with Gasteiger partial charge < -0.3 is 9.30 Å². The average Bonchev–Trinajstić information content (AvgIpc) is 3.22. The van der Waals surface area contributed by atoms with Crippen LogP contribution in [0.4, 0.5) is 0 Å². The molecule has 9 nitrogen and oxygen atoms in total. The molecule has 0 aliphatic heterocycles. The number of rotatable bonds is 5. The van der Waals surface area contributed by atoms with E-state index in [1.54, 1.807) is 29.1 Å². The van der Waals surface area contributed by atoms with Crippen molar-refractivity contribution in [3.05, 3.63) is 67.6 Å². The second-order valence-electron chi connectivity index (χ2n) is 7.78. The molecular formula is C22H25N5O4. The summed E-state index contributed by atoms with van der Waals surface area (Å²) < 4.78 is 11.0. The number of esters is 1. The number of hydrogen-bond acceptors (Lipinski definition) is 5. The number of aromatic nitrogens is 5. The van der Waals surface area contributed by atoms with Gasteiger partial charge in [0.25, 0.3) is 5.56 Å². The Balaban J connectivity index is 1.94. The first-order valence-corrected chi connectivity index (χ1v) is 10.1. The molecule has 3 heterocycles. The predicted molar refractivity (Wildman–Crippen MR) is 117 cm³/mol. The summed E-state index contributed by atoms with van der Waals surface area (Å²) >= 11 is 0.